The Morgan fingerprint density at radius 2 is 1.68 bits per heavy atom. The third-order valence-corrected chi connectivity index (χ3v) is 8.64. The van der Waals surface area contributed by atoms with Crippen LogP contribution in [0.15, 0.2) is 60.7 Å². The molecule has 9 bridgehead atoms. The number of hydrogen-bond acceptors (Lipinski definition) is 5. The molecule has 1 aromatic heterocycles. The molecule has 0 saturated heterocycles. The highest BCUT2D eigenvalue weighted by Gasteiger charge is 2.39. The molecule has 0 fully saturated rings. The lowest BCUT2D eigenvalue weighted by molar-refractivity contribution is -0.147. The largest absolute Gasteiger partial charge is 0.494 e. The SMILES string of the molecule is CC(C)(C(=O)O)C1c2ccc3c(c2)CN(CC3)C(=O)c2ccc(cc2)OCCCCCCn2nnc3cc1ccc32. The highest BCUT2D eigenvalue weighted by Crippen LogP contribution is 2.43. The van der Waals surface area contributed by atoms with E-state index in [1.807, 2.05) is 58.1 Å². The van der Waals surface area contributed by atoms with Gasteiger partial charge in [-0.05, 0) is 98.2 Å². The number of rotatable bonds is 2. The van der Waals surface area contributed by atoms with Crippen molar-refractivity contribution in [3.8, 4) is 5.75 Å². The Morgan fingerprint density at radius 3 is 2.49 bits per heavy atom. The van der Waals surface area contributed by atoms with Crippen LogP contribution >= 0.6 is 0 Å². The van der Waals surface area contributed by atoms with E-state index < -0.39 is 17.3 Å². The second kappa shape index (κ2) is 11.0. The van der Waals surface area contributed by atoms with Crippen LogP contribution in [0.25, 0.3) is 11.0 Å². The fourth-order valence-electron chi connectivity index (χ4n) is 6.20. The maximum atomic E-state index is 13.4. The Hall–Kier alpha value is -4.20. The molecule has 212 valence electrons. The van der Waals surface area contributed by atoms with E-state index in [0.717, 1.165) is 72.1 Å². The predicted molar refractivity (Wildman–Crippen MR) is 156 cm³/mol. The van der Waals surface area contributed by atoms with Crippen molar-refractivity contribution in [2.45, 2.75) is 65.0 Å². The molecule has 3 aromatic carbocycles. The van der Waals surface area contributed by atoms with Gasteiger partial charge in [0.2, 0.25) is 0 Å². The van der Waals surface area contributed by atoms with E-state index in [0.29, 0.717) is 25.3 Å². The number of nitrogens with zero attached hydrogens (tertiary/aromatic N) is 4. The van der Waals surface area contributed by atoms with Gasteiger partial charge in [0, 0.05) is 31.1 Å². The number of carboxylic acid groups (broad SMARTS) is 1. The average Bonchev–Trinajstić information content (AvgIpc) is 3.38. The molecule has 6 heterocycles. The van der Waals surface area contributed by atoms with Crippen molar-refractivity contribution in [3.05, 3.63) is 88.5 Å². The molecular formula is C33H36N4O4. The number of aryl methyl sites for hydroxylation is 1. The minimum Gasteiger partial charge on any atom is -0.494 e. The van der Waals surface area contributed by atoms with Crippen LogP contribution in [0, 0.1) is 5.41 Å². The van der Waals surface area contributed by atoms with Gasteiger partial charge in [-0.1, -0.05) is 35.9 Å². The first-order valence-corrected chi connectivity index (χ1v) is 14.5. The van der Waals surface area contributed by atoms with Crippen molar-refractivity contribution in [1.82, 2.24) is 19.9 Å². The molecule has 0 radical (unpaired) electrons. The maximum Gasteiger partial charge on any atom is 0.310 e. The Kier molecular flexibility index (Phi) is 7.24. The number of carbonyl (C=O) groups is 2. The Bertz CT molecular complexity index is 1590. The van der Waals surface area contributed by atoms with Gasteiger partial charge in [0.1, 0.15) is 11.3 Å². The summed E-state index contributed by atoms with van der Waals surface area (Å²) in [6.45, 7) is 6.08. The summed E-state index contributed by atoms with van der Waals surface area (Å²) >= 11 is 0. The van der Waals surface area contributed by atoms with Gasteiger partial charge in [0.15, 0.2) is 0 Å². The number of ether oxygens (including phenoxy) is 1. The molecular weight excluding hydrogens is 516 g/mol. The maximum absolute atomic E-state index is 13.4. The standard InChI is InChI=1S/C33H36N4O4/c1-33(2,32(39)40)30-24-8-7-22-15-17-36(21-26(22)19-24)31(38)23-9-12-27(13-10-23)41-18-6-4-3-5-16-37-29-14-11-25(30)20-28(29)34-35-37/h7-14,19-20,30H,3-6,15-18,21H2,1-2H3,(H,39,40). The minimum atomic E-state index is -1.09. The first kappa shape index (κ1) is 27.0. The number of carbonyl (C=O) groups excluding carboxylic acids is 1. The first-order valence-electron chi connectivity index (χ1n) is 14.5. The third kappa shape index (κ3) is 5.31. The van der Waals surface area contributed by atoms with E-state index in [-0.39, 0.29) is 5.91 Å². The molecule has 1 atom stereocenters. The lowest BCUT2D eigenvalue weighted by Crippen LogP contribution is -2.36. The Labute approximate surface area is 239 Å². The van der Waals surface area contributed by atoms with Crippen LogP contribution in [0.1, 0.15) is 78.1 Å². The summed E-state index contributed by atoms with van der Waals surface area (Å²) in [5, 5.41) is 19.2. The van der Waals surface area contributed by atoms with E-state index in [1.165, 1.54) is 5.56 Å². The van der Waals surface area contributed by atoms with E-state index >= 15 is 0 Å². The summed E-state index contributed by atoms with van der Waals surface area (Å²) < 4.78 is 7.86. The molecule has 1 N–H and O–H groups in total. The van der Waals surface area contributed by atoms with Gasteiger partial charge < -0.3 is 14.7 Å². The molecule has 8 heteroatoms. The summed E-state index contributed by atoms with van der Waals surface area (Å²) in [5.41, 5.74) is 5.32. The van der Waals surface area contributed by atoms with Crippen LogP contribution in [0.4, 0.5) is 0 Å². The highest BCUT2D eigenvalue weighted by molar-refractivity contribution is 5.94. The molecule has 5 aliphatic heterocycles. The Morgan fingerprint density at radius 1 is 0.927 bits per heavy atom. The summed E-state index contributed by atoms with van der Waals surface area (Å²) in [4.78, 5) is 27.9. The number of aromatic nitrogens is 3. The second-order valence-electron chi connectivity index (χ2n) is 11.8. The second-order valence-corrected chi connectivity index (χ2v) is 11.8. The number of carboxylic acids is 1. The zero-order valence-electron chi connectivity index (χ0n) is 23.7. The molecule has 1 unspecified atom stereocenters. The lowest BCUT2D eigenvalue weighted by atomic mass is 9.70. The topological polar surface area (TPSA) is 97.6 Å². The molecule has 1 amide bonds. The molecule has 0 spiro atoms. The zero-order valence-corrected chi connectivity index (χ0v) is 23.7. The zero-order chi connectivity index (χ0) is 28.6. The summed E-state index contributed by atoms with van der Waals surface area (Å²) in [5.74, 6) is -0.526. The fourth-order valence-corrected chi connectivity index (χ4v) is 6.20. The number of aliphatic carboxylic acids is 1. The molecule has 4 aromatic rings. The summed E-state index contributed by atoms with van der Waals surface area (Å²) in [6.07, 6.45) is 4.80. The van der Waals surface area contributed by atoms with Gasteiger partial charge in [-0.25, -0.2) is 4.68 Å². The van der Waals surface area contributed by atoms with Crippen LogP contribution < -0.4 is 4.74 Å². The van der Waals surface area contributed by atoms with Crippen molar-refractivity contribution in [2.75, 3.05) is 13.2 Å². The monoisotopic (exact) mass is 552 g/mol. The summed E-state index contributed by atoms with van der Waals surface area (Å²) in [7, 11) is 0. The Balaban J connectivity index is 1.41. The summed E-state index contributed by atoms with van der Waals surface area (Å²) in [6, 6.07) is 19.7. The molecule has 9 rings (SSSR count). The van der Waals surface area contributed by atoms with Crippen LogP contribution in [0.3, 0.4) is 0 Å². The van der Waals surface area contributed by atoms with Gasteiger partial charge in [0.05, 0.1) is 17.5 Å². The minimum absolute atomic E-state index is 0.0121. The number of benzene rings is 3. The normalized spacial score (nSPS) is 18.2. The van der Waals surface area contributed by atoms with Crippen LogP contribution in [-0.4, -0.2) is 50.0 Å². The smallest absolute Gasteiger partial charge is 0.310 e. The first-order chi connectivity index (χ1) is 19.8. The van der Waals surface area contributed by atoms with Gasteiger partial charge in [0.25, 0.3) is 5.91 Å². The molecule has 41 heavy (non-hydrogen) atoms. The van der Waals surface area contributed by atoms with Crippen molar-refractivity contribution in [3.63, 3.8) is 0 Å². The van der Waals surface area contributed by atoms with Gasteiger partial charge in [-0.3, -0.25) is 9.59 Å². The van der Waals surface area contributed by atoms with Crippen molar-refractivity contribution in [1.29, 1.82) is 0 Å². The van der Waals surface area contributed by atoms with E-state index in [9.17, 15) is 14.7 Å². The van der Waals surface area contributed by atoms with Crippen LogP contribution in [-0.2, 0) is 24.3 Å². The van der Waals surface area contributed by atoms with Gasteiger partial charge in [-0.15, -0.1) is 5.10 Å². The fraction of sp³-hybridized carbons (Fsp3) is 0.394. The number of amides is 1. The van der Waals surface area contributed by atoms with E-state index in [4.69, 9.17) is 4.74 Å². The van der Waals surface area contributed by atoms with Crippen LogP contribution in [0.2, 0.25) is 0 Å². The molecule has 8 nitrogen and oxygen atoms in total. The van der Waals surface area contributed by atoms with E-state index in [2.05, 4.69) is 22.4 Å². The van der Waals surface area contributed by atoms with Crippen LogP contribution in [0.5, 0.6) is 5.75 Å². The highest BCUT2D eigenvalue weighted by atomic mass is 16.5. The predicted octanol–water partition coefficient (Wildman–Crippen LogP) is 5.83. The molecule has 0 saturated carbocycles. The molecule has 5 aliphatic rings. The average molecular weight is 553 g/mol. The molecule has 0 aliphatic carbocycles. The van der Waals surface area contributed by atoms with E-state index in [1.54, 1.807) is 13.8 Å². The van der Waals surface area contributed by atoms with Gasteiger partial charge >= 0.3 is 5.97 Å². The third-order valence-electron chi connectivity index (χ3n) is 8.64. The van der Waals surface area contributed by atoms with Crippen molar-refractivity contribution in [2.24, 2.45) is 5.41 Å². The van der Waals surface area contributed by atoms with Gasteiger partial charge in [-0.2, -0.15) is 0 Å². The number of hydrogen-bond donors (Lipinski definition) is 1. The van der Waals surface area contributed by atoms with Crippen molar-refractivity contribution < 1.29 is 19.4 Å². The lowest BCUT2D eigenvalue weighted by Gasteiger charge is -2.34. The quantitative estimate of drug-likeness (QED) is 0.336. The van der Waals surface area contributed by atoms with Crippen molar-refractivity contribution >= 4 is 22.9 Å².